The van der Waals surface area contributed by atoms with E-state index in [4.69, 9.17) is 9.72 Å². The van der Waals surface area contributed by atoms with E-state index < -0.39 is 0 Å². The Morgan fingerprint density at radius 3 is 2.31 bits per heavy atom. The second-order valence-corrected chi connectivity index (χ2v) is 14.2. The molecule has 2 aromatic heterocycles. The van der Waals surface area contributed by atoms with E-state index in [0.717, 1.165) is 45.9 Å². The number of ether oxygens (including phenoxy) is 1. The number of benzene rings is 3. The van der Waals surface area contributed by atoms with Crippen LogP contribution in [0.1, 0.15) is 64.7 Å². The van der Waals surface area contributed by atoms with Crippen molar-refractivity contribution in [1.82, 2.24) is 14.1 Å². The first-order valence-corrected chi connectivity index (χ1v) is 15.7. The zero-order valence-electron chi connectivity index (χ0n) is 25.5. The van der Waals surface area contributed by atoms with E-state index >= 15 is 0 Å². The molecule has 5 nitrogen and oxygen atoms in total. The molecule has 0 amide bonds. The standard InChI is InChI=1S/C36H38N4O.Pt/c1-35(2,3)26-16-17-37-34(21-26)39-18-10-11-25-14-15-29(23-33(25)39)41-30-20-27(36(4,5)6)19-28(22-30)40-24-38(7)31-12-8-9-13-32(31)40;/h8-9,12-17,19-21H,10-11,18H2,1-7H3;/q-2;. The Bertz CT molecular complexity index is 1850. The van der Waals surface area contributed by atoms with Gasteiger partial charge in [-0.1, -0.05) is 20.8 Å². The molecule has 6 rings (SSSR count). The number of hydrogen-bond donors (Lipinski definition) is 0. The zero-order chi connectivity index (χ0) is 29.8. The van der Waals surface area contributed by atoms with Crippen molar-refractivity contribution in [3.05, 3.63) is 99.5 Å². The van der Waals surface area contributed by atoms with E-state index in [0.29, 0.717) is 11.5 Å². The van der Waals surface area contributed by atoms with Gasteiger partial charge in [0.2, 0.25) is 0 Å². The normalized spacial score (nSPS) is 13.9. The van der Waals surface area contributed by atoms with Gasteiger partial charge in [0.1, 0.15) is 0 Å². The molecule has 0 atom stereocenters. The van der Waals surface area contributed by atoms with Crippen LogP contribution in [-0.2, 0) is 43.7 Å². The van der Waals surface area contributed by atoms with Crippen molar-refractivity contribution in [1.29, 1.82) is 0 Å². The van der Waals surface area contributed by atoms with Crippen LogP contribution in [0.2, 0.25) is 0 Å². The summed E-state index contributed by atoms with van der Waals surface area (Å²) in [6.45, 7) is 14.3. The number of hydrogen-bond acceptors (Lipinski definition) is 3. The molecule has 0 spiro atoms. The fourth-order valence-electron chi connectivity index (χ4n) is 5.55. The number of aromatic nitrogens is 3. The zero-order valence-corrected chi connectivity index (χ0v) is 27.8. The van der Waals surface area contributed by atoms with Crippen molar-refractivity contribution in [2.75, 3.05) is 11.4 Å². The van der Waals surface area contributed by atoms with Crippen molar-refractivity contribution in [3.63, 3.8) is 0 Å². The fourth-order valence-corrected chi connectivity index (χ4v) is 6.37. The maximum absolute atomic E-state index is 6.58. The van der Waals surface area contributed by atoms with E-state index in [1.807, 2.05) is 12.3 Å². The Morgan fingerprint density at radius 1 is 0.833 bits per heavy atom. The number of imidazole rings is 1. The van der Waals surface area contributed by atoms with Crippen molar-refractivity contribution < 1.29 is 24.1 Å². The van der Waals surface area contributed by atoms with Crippen molar-refractivity contribution in [2.45, 2.75) is 65.2 Å². The van der Waals surface area contributed by atoms with Crippen LogP contribution < -0.4 is 9.64 Å². The molecule has 0 N–H and O–H groups in total. The molecular weight excluding hydrogens is 700 g/mol. The van der Waals surface area contributed by atoms with Crippen LogP contribution in [0.3, 0.4) is 0 Å². The molecule has 0 bridgehead atoms. The summed E-state index contributed by atoms with van der Waals surface area (Å²) in [5.74, 6) is 2.32. The summed E-state index contributed by atoms with van der Waals surface area (Å²) in [4.78, 5) is 7.05. The summed E-state index contributed by atoms with van der Waals surface area (Å²) < 4.78 is 12.2. The van der Waals surface area contributed by atoms with Gasteiger partial charge in [-0.3, -0.25) is 0 Å². The number of rotatable bonds is 4. The average Bonchev–Trinajstić information content (AvgIpc) is 3.21. The molecule has 6 heteroatoms. The van der Waals surface area contributed by atoms with Crippen LogP contribution in [0.5, 0.6) is 11.5 Å². The minimum atomic E-state index is -0.0706. The molecule has 0 unspecified atom stereocenters. The van der Waals surface area contributed by atoms with Gasteiger partial charge in [0, 0.05) is 6.20 Å². The number of para-hydroxylation sites is 2. The van der Waals surface area contributed by atoms with Gasteiger partial charge in [0.15, 0.2) is 0 Å². The first kappa shape index (κ1) is 28.7. The van der Waals surface area contributed by atoms with Gasteiger partial charge in [-0.05, 0) is 17.0 Å². The van der Waals surface area contributed by atoms with Gasteiger partial charge >= 0.3 is 217 Å². The van der Waals surface area contributed by atoms with Gasteiger partial charge < -0.3 is 0 Å². The molecular formula is C36H38N4OPt-2. The predicted molar refractivity (Wildman–Crippen MR) is 167 cm³/mol. The Labute approximate surface area is 260 Å². The van der Waals surface area contributed by atoms with Gasteiger partial charge in [-0.2, -0.15) is 0 Å². The number of nitrogens with zero attached hydrogens (tertiary/aromatic N) is 4. The van der Waals surface area contributed by atoms with Crippen LogP contribution in [0.25, 0.3) is 16.7 Å². The first-order valence-electron chi connectivity index (χ1n) is 14.6. The molecule has 3 heterocycles. The third-order valence-corrected chi connectivity index (χ3v) is 9.31. The SMILES string of the molecule is Cn1[c](=[Pt])n(-c2[c-]c(Oc3[c-]c4c(cc3)CCCN4c3cc(C(C)(C)C)ccn3)cc(C(C)(C)C)c2)c2ccccc21. The molecule has 0 radical (unpaired) electrons. The Kier molecular flexibility index (Phi) is 7.30. The first-order chi connectivity index (χ1) is 19.9. The van der Waals surface area contributed by atoms with Gasteiger partial charge in [-0.15, -0.1) is 0 Å². The van der Waals surface area contributed by atoms with Gasteiger partial charge in [-0.25, -0.2) is 0 Å². The predicted octanol–water partition coefficient (Wildman–Crippen LogP) is 8.51. The van der Waals surface area contributed by atoms with E-state index in [2.05, 4.69) is 149 Å². The number of aryl methyl sites for hydroxylation is 2. The number of anilines is 2. The van der Waals surface area contributed by atoms with Crippen molar-refractivity contribution >= 4 is 22.5 Å². The van der Waals surface area contributed by atoms with Crippen LogP contribution in [0.4, 0.5) is 11.5 Å². The molecule has 1 aliphatic rings. The average molecular weight is 738 g/mol. The molecule has 1 aliphatic heterocycles. The monoisotopic (exact) mass is 737 g/mol. The molecule has 3 aromatic carbocycles. The fraction of sp³-hybridized carbons (Fsp3) is 0.333. The maximum atomic E-state index is 6.58. The molecule has 5 aromatic rings. The van der Waals surface area contributed by atoms with Gasteiger partial charge in [0.25, 0.3) is 0 Å². The minimum absolute atomic E-state index is 0.0521. The summed E-state index contributed by atoms with van der Waals surface area (Å²) in [5.41, 5.74) is 8.02. The third-order valence-electron chi connectivity index (χ3n) is 8.04. The second-order valence-electron chi connectivity index (χ2n) is 13.2. The molecule has 42 heavy (non-hydrogen) atoms. The van der Waals surface area contributed by atoms with E-state index in [-0.39, 0.29) is 10.8 Å². The number of fused-ring (bicyclic) bond motifs is 2. The topological polar surface area (TPSA) is 35.2 Å². The quantitative estimate of drug-likeness (QED) is 0.174. The molecule has 0 saturated heterocycles. The van der Waals surface area contributed by atoms with Crippen LogP contribution in [-0.4, -0.2) is 20.7 Å². The van der Waals surface area contributed by atoms with Gasteiger partial charge in [0.05, 0.1) is 0 Å². The van der Waals surface area contributed by atoms with E-state index in [1.54, 1.807) is 0 Å². The Balaban J connectivity index is 1.42. The Morgan fingerprint density at radius 2 is 1.57 bits per heavy atom. The molecule has 0 saturated carbocycles. The van der Waals surface area contributed by atoms with Crippen LogP contribution in [0.15, 0.2) is 66.9 Å². The van der Waals surface area contributed by atoms with Crippen molar-refractivity contribution in [3.8, 4) is 17.2 Å². The summed E-state index contributed by atoms with van der Waals surface area (Å²) >= 11 is 2.40. The third kappa shape index (κ3) is 5.40. The van der Waals surface area contributed by atoms with E-state index in [9.17, 15) is 0 Å². The van der Waals surface area contributed by atoms with Crippen LogP contribution >= 0.6 is 0 Å². The van der Waals surface area contributed by atoms with Crippen molar-refractivity contribution in [2.24, 2.45) is 7.05 Å². The van der Waals surface area contributed by atoms with Crippen LogP contribution in [0, 0.1) is 15.9 Å². The summed E-state index contributed by atoms with van der Waals surface area (Å²) in [6, 6.07) is 28.6. The summed E-state index contributed by atoms with van der Waals surface area (Å²) in [6.07, 6.45) is 4.02. The summed E-state index contributed by atoms with van der Waals surface area (Å²) in [7, 11) is 2.10. The molecule has 0 aliphatic carbocycles. The molecule has 0 fully saturated rings. The summed E-state index contributed by atoms with van der Waals surface area (Å²) in [5, 5.41) is 0. The van der Waals surface area contributed by atoms with E-state index in [1.165, 1.54) is 22.2 Å². The number of pyridine rings is 1. The molecule has 220 valence electrons. The second kappa shape index (κ2) is 10.7. The Hall–Kier alpha value is -3.43.